The molecule has 7 nitrogen and oxygen atoms in total. The standard InChI is InChI=1S/C21H24ClN5O2/c1-14(2)27(15(3)28)11-16-4-7-18(8-5-16)25-21(29)23-10-19-13-26-12-17(22)6-9-20(26)24-19/h4-9,12-14H,10-11H2,1-3H3,(H2,23,25,29). The summed E-state index contributed by atoms with van der Waals surface area (Å²) in [5.41, 5.74) is 3.18. The molecule has 0 aliphatic heterocycles. The number of aromatic nitrogens is 2. The number of nitrogens with one attached hydrogen (secondary N) is 2. The number of amides is 3. The van der Waals surface area contributed by atoms with E-state index in [1.54, 1.807) is 24.1 Å². The van der Waals surface area contributed by atoms with E-state index < -0.39 is 0 Å². The second-order valence-electron chi connectivity index (χ2n) is 7.09. The molecule has 3 amide bonds. The van der Waals surface area contributed by atoms with Crippen LogP contribution in [0.15, 0.2) is 48.8 Å². The van der Waals surface area contributed by atoms with Gasteiger partial charge >= 0.3 is 6.03 Å². The maximum atomic E-state index is 12.2. The third kappa shape index (κ3) is 5.48. The SMILES string of the molecule is CC(=O)N(Cc1ccc(NC(=O)NCc2cn3cc(Cl)ccc3n2)cc1)C(C)C. The third-order valence-corrected chi connectivity index (χ3v) is 4.71. The minimum Gasteiger partial charge on any atom is -0.336 e. The molecule has 0 aliphatic carbocycles. The van der Waals surface area contributed by atoms with Crippen LogP contribution in [-0.4, -0.2) is 32.3 Å². The van der Waals surface area contributed by atoms with E-state index in [9.17, 15) is 9.59 Å². The minimum atomic E-state index is -0.319. The number of rotatable bonds is 6. The van der Waals surface area contributed by atoms with Crippen molar-refractivity contribution < 1.29 is 9.59 Å². The van der Waals surface area contributed by atoms with Crippen molar-refractivity contribution >= 4 is 34.9 Å². The van der Waals surface area contributed by atoms with E-state index in [-0.39, 0.29) is 18.0 Å². The van der Waals surface area contributed by atoms with Gasteiger partial charge in [0.1, 0.15) is 5.65 Å². The summed E-state index contributed by atoms with van der Waals surface area (Å²) in [6.45, 7) is 6.37. The maximum Gasteiger partial charge on any atom is 0.319 e. The predicted octanol–water partition coefficient (Wildman–Crippen LogP) is 4.07. The number of halogens is 1. The Morgan fingerprint density at radius 1 is 1.14 bits per heavy atom. The quantitative estimate of drug-likeness (QED) is 0.639. The lowest BCUT2D eigenvalue weighted by Crippen LogP contribution is -2.34. The summed E-state index contributed by atoms with van der Waals surface area (Å²) in [7, 11) is 0. The Hall–Kier alpha value is -3.06. The van der Waals surface area contributed by atoms with Gasteiger partial charge in [-0.25, -0.2) is 9.78 Å². The molecule has 0 saturated heterocycles. The highest BCUT2D eigenvalue weighted by Crippen LogP contribution is 2.14. The van der Waals surface area contributed by atoms with E-state index in [4.69, 9.17) is 11.6 Å². The van der Waals surface area contributed by atoms with Gasteiger partial charge in [0.25, 0.3) is 0 Å². The molecular weight excluding hydrogens is 390 g/mol. The maximum absolute atomic E-state index is 12.2. The predicted molar refractivity (Wildman–Crippen MR) is 114 cm³/mol. The van der Waals surface area contributed by atoms with Gasteiger partial charge in [0, 0.05) is 37.6 Å². The van der Waals surface area contributed by atoms with Crippen LogP contribution in [0.1, 0.15) is 32.0 Å². The van der Waals surface area contributed by atoms with Gasteiger partial charge in [-0.1, -0.05) is 23.7 Å². The third-order valence-electron chi connectivity index (χ3n) is 4.49. The van der Waals surface area contributed by atoms with Gasteiger partial charge in [-0.2, -0.15) is 0 Å². The molecule has 2 aromatic heterocycles. The first kappa shape index (κ1) is 20.7. The Morgan fingerprint density at radius 3 is 2.52 bits per heavy atom. The van der Waals surface area contributed by atoms with Crippen LogP contribution in [0.5, 0.6) is 0 Å². The first-order chi connectivity index (χ1) is 13.8. The molecule has 8 heteroatoms. The minimum absolute atomic E-state index is 0.0378. The van der Waals surface area contributed by atoms with Crippen molar-refractivity contribution in [3.8, 4) is 0 Å². The number of nitrogens with zero attached hydrogens (tertiary/aromatic N) is 3. The number of imidazole rings is 1. The van der Waals surface area contributed by atoms with Gasteiger partial charge < -0.3 is 19.9 Å². The zero-order valence-electron chi connectivity index (χ0n) is 16.6. The average Bonchev–Trinajstić information content (AvgIpc) is 3.07. The summed E-state index contributed by atoms with van der Waals surface area (Å²) in [4.78, 5) is 30.1. The molecule has 0 spiro atoms. The lowest BCUT2D eigenvalue weighted by atomic mass is 10.1. The summed E-state index contributed by atoms with van der Waals surface area (Å²) in [5, 5.41) is 6.20. The molecular formula is C21H24ClN5O2. The first-order valence-electron chi connectivity index (χ1n) is 9.36. The number of urea groups is 1. The Labute approximate surface area is 174 Å². The summed E-state index contributed by atoms with van der Waals surface area (Å²) < 4.78 is 1.82. The van der Waals surface area contributed by atoms with Crippen molar-refractivity contribution in [3.63, 3.8) is 0 Å². The Balaban J connectivity index is 1.54. The molecule has 0 bridgehead atoms. The van der Waals surface area contributed by atoms with Crippen molar-refractivity contribution in [2.24, 2.45) is 0 Å². The van der Waals surface area contributed by atoms with Crippen molar-refractivity contribution in [3.05, 3.63) is 65.1 Å². The van der Waals surface area contributed by atoms with Crippen LogP contribution in [0.3, 0.4) is 0 Å². The molecule has 29 heavy (non-hydrogen) atoms. The molecule has 152 valence electrons. The number of hydrogen-bond acceptors (Lipinski definition) is 3. The zero-order valence-corrected chi connectivity index (χ0v) is 17.4. The Morgan fingerprint density at radius 2 is 1.86 bits per heavy atom. The number of benzene rings is 1. The molecule has 2 heterocycles. The van der Waals surface area contributed by atoms with E-state index in [0.29, 0.717) is 23.8 Å². The molecule has 0 unspecified atom stereocenters. The molecule has 1 aromatic carbocycles. The van der Waals surface area contributed by atoms with E-state index in [2.05, 4.69) is 15.6 Å². The topological polar surface area (TPSA) is 78.7 Å². The van der Waals surface area contributed by atoms with E-state index in [1.807, 2.05) is 54.8 Å². The van der Waals surface area contributed by atoms with Gasteiger partial charge in [-0.05, 0) is 43.7 Å². The molecule has 0 saturated carbocycles. The Kier molecular flexibility index (Phi) is 6.39. The van der Waals surface area contributed by atoms with Crippen molar-refractivity contribution in [1.29, 1.82) is 0 Å². The number of anilines is 1. The molecule has 3 rings (SSSR count). The smallest absolute Gasteiger partial charge is 0.319 e. The molecule has 3 aromatic rings. The molecule has 0 radical (unpaired) electrons. The van der Waals surface area contributed by atoms with Crippen molar-refractivity contribution in [1.82, 2.24) is 19.6 Å². The lowest BCUT2D eigenvalue weighted by molar-refractivity contribution is -0.131. The number of hydrogen-bond donors (Lipinski definition) is 2. The highest BCUT2D eigenvalue weighted by molar-refractivity contribution is 6.30. The van der Waals surface area contributed by atoms with Gasteiger partial charge in [0.15, 0.2) is 0 Å². The monoisotopic (exact) mass is 413 g/mol. The summed E-state index contributed by atoms with van der Waals surface area (Å²) in [6.07, 6.45) is 3.59. The number of carbonyl (C=O) groups is 2. The van der Waals surface area contributed by atoms with Crippen LogP contribution < -0.4 is 10.6 Å². The zero-order chi connectivity index (χ0) is 21.0. The summed E-state index contributed by atoms with van der Waals surface area (Å²) in [5.74, 6) is 0.0378. The molecule has 0 fully saturated rings. The van der Waals surface area contributed by atoms with Crippen molar-refractivity contribution in [2.75, 3.05) is 5.32 Å². The summed E-state index contributed by atoms with van der Waals surface area (Å²) >= 11 is 5.97. The highest BCUT2D eigenvalue weighted by atomic mass is 35.5. The van der Waals surface area contributed by atoms with E-state index in [0.717, 1.165) is 16.9 Å². The summed E-state index contributed by atoms with van der Waals surface area (Å²) in [6, 6.07) is 10.8. The van der Waals surface area contributed by atoms with Crippen LogP contribution in [0.4, 0.5) is 10.5 Å². The Bertz CT molecular complexity index is 1010. The molecule has 0 atom stereocenters. The van der Waals surface area contributed by atoms with Gasteiger partial charge in [-0.15, -0.1) is 0 Å². The van der Waals surface area contributed by atoms with Crippen LogP contribution in [0.2, 0.25) is 5.02 Å². The first-order valence-corrected chi connectivity index (χ1v) is 9.74. The largest absolute Gasteiger partial charge is 0.336 e. The van der Waals surface area contributed by atoms with E-state index in [1.165, 1.54) is 0 Å². The fourth-order valence-electron chi connectivity index (χ4n) is 3.00. The average molecular weight is 414 g/mol. The fraction of sp³-hybridized carbons (Fsp3) is 0.286. The van der Waals surface area contributed by atoms with Crippen LogP contribution >= 0.6 is 11.6 Å². The normalized spacial score (nSPS) is 10.9. The fourth-order valence-corrected chi connectivity index (χ4v) is 3.16. The van der Waals surface area contributed by atoms with Crippen LogP contribution in [0, 0.1) is 0 Å². The van der Waals surface area contributed by atoms with Gasteiger partial charge in [-0.3, -0.25) is 4.79 Å². The molecule has 0 aliphatic rings. The van der Waals surface area contributed by atoms with Gasteiger partial charge in [0.05, 0.1) is 17.3 Å². The lowest BCUT2D eigenvalue weighted by Gasteiger charge is -2.25. The molecule has 2 N–H and O–H groups in total. The van der Waals surface area contributed by atoms with Crippen LogP contribution in [-0.2, 0) is 17.9 Å². The highest BCUT2D eigenvalue weighted by Gasteiger charge is 2.13. The van der Waals surface area contributed by atoms with Crippen LogP contribution in [0.25, 0.3) is 5.65 Å². The number of pyridine rings is 1. The van der Waals surface area contributed by atoms with E-state index >= 15 is 0 Å². The second-order valence-corrected chi connectivity index (χ2v) is 7.53. The van der Waals surface area contributed by atoms with Crippen molar-refractivity contribution in [2.45, 2.75) is 39.9 Å². The second kappa shape index (κ2) is 8.96. The number of carbonyl (C=O) groups excluding carboxylic acids is 2. The van der Waals surface area contributed by atoms with Gasteiger partial charge in [0.2, 0.25) is 5.91 Å². The number of fused-ring (bicyclic) bond motifs is 1.